The summed E-state index contributed by atoms with van der Waals surface area (Å²) in [6.07, 6.45) is -0.0834. The second-order valence-electron chi connectivity index (χ2n) is 5.81. The summed E-state index contributed by atoms with van der Waals surface area (Å²) in [5.41, 5.74) is 1.10. The first kappa shape index (κ1) is 18.4. The molecule has 1 aromatic heterocycles. The van der Waals surface area contributed by atoms with Crippen molar-refractivity contribution in [1.82, 2.24) is 9.88 Å². The SMILES string of the molecule is CC(C)CN(CCC(=O)O)C(=O)c1csc(-c2ccccc2Cl)n1. The van der Waals surface area contributed by atoms with Gasteiger partial charge in [-0.25, -0.2) is 4.98 Å². The Morgan fingerprint density at radius 1 is 1.33 bits per heavy atom. The number of carbonyl (C=O) groups excluding carboxylic acids is 1. The van der Waals surface area contributed by atoms with E-state index >= 15 is 0 Å². The van der Waals surface area contributed by atoms with E-state index in [-0.39, 0.29) is 24.8 Å². The van der Waals surface area contributed by atoms with Crippen molar-refractivity contribution in [1.29, 1.82) is 0 Å². The zero-order chi connectivity index (χ0) is 17.7. The Morgan fingerprint density at radius 2 is 2.04 bits per heavy atom. The summed E-state index contributed by atoms with van der Waals surface area (Å²) in [5.74, 6) is -0.935. The topological polar surface area (TPSA) is 70.5 Å². The van der Waals surface area contributed by atoms with Gasteiger partial charge in [-0.2, -0.15) is 0 Å². The fraction of sp³-hybridized carbons (Fsp3) is 0.353. The third-order valence-corrected chi connectivity index (χ3v) is 4.50. The highest BCUT2D eigenvalue weighted by Gasteiger charge is 2.21. The van der Waals surface area contributed by atoms with Crippen LogP contribution in [0.5, 0.6) is 0 Å². The number of carboxylic acid groups (broad SMARTS) is 1. The normalized spacial score (nSPS) is 10.8. The maximum atomic E-state index is 12.7. The van der Waals surface area contributed by atoms with Gasteiger partial charge in [-0.3, -0.25) is 9.59 Å². The van der Waals surface area contributed by atoms with Gasteiger partial charge in [-0.1, -0.05) is 43.6 Å². The van der Waals surface area contributed by atoms with Crippen LogP contribution in [0.1, 0.15) is 30.8 Å². The van der Waals surface area contributed by atoms with Crippen LogP contribution >= 0.6 is 22.9 Å². The first-order valence-corrected chi connectivity index (χ1v) is 8.85. The van der Waals surface area contributed by atoms with Crippen molar-refractivity contribution in [2.75, 3.05) is 13.1 Å². The number of thiazole rings is 1. The van der Waals surface area contributed by atoms with Crippen LogP contribution < -0.4 is 0 Å². The molecule has 24 heavy (non-hydrogen) atoms. The third-order valence-electron chi connectivity index (χ3n) is 3.30. The van der Waals surface area contributed by atoms with E-state index in [1.165, 1.54) is 11.3 Å². The van der Waals surface area contributed by atoms with Gasteiger partial charge >= 0.3 is 5.97 Å². The van der Waals surface area contributed by atoms with Gasteiger partial charge in [-0.05, 0) is 12.0 Å². The lowest BCUT2D eigenvalue weighted by atomic mass is 10.2. The van der Waals surface area contributed by atoms with E-state index in [9.17, 15) is 9.59 Å². The van der Waals surface area contributed by atoms with E-state index < -0.39 is 5.97 Å². The summed E-state index contributed by atoms with van der Waals surface area (Å²) < 4.78 is 0. The van der Waals surface area contributed by atoms with Crippen molar-refractivity contribution >= 4 is 34.8 Å². The number of nitrogens with zero attached hydrogens (tertiary/aromatic N) is 2. The first-order chi connectivity index (χ1) is 11.4. The maximum Gasteiger partial charge on any atom is 0.305 e. The van der Waals surface area contributed by atoms with Crippen LogP contribution in [0.2, 0.25) is 5.02 Å². The van der Waals surface area contributed by atoms with E-state index in [1.807, 2.05) is 32.0 Å². The number of carboxylic acids is 1. The van der Waals surface area contributed by atoms with Crippen molar-refractivity contribution in [3.63, 3.8) is 0 Å². The van der Waals surface area contributed by atoms with E-state index in [0.717, 1.165) is 5.56 Å². The lowest BCUT2D eigenvalue weighted by Crippen LogP contribution is -2.36. The molecule has 0 bridgehead atoms. The standard InChI is InChI=1S/C17H19ClN2O3S/c1-11(2)9-20(8-7-15(21)22)17(23)14-10-24-16(19-14)12-5-3-4-6-13(12)18/h3-6,10-11H,7-9H2,1-2H3,(H,21,22). The van der Waals surface area contributed by atoms with Crippen molar-refractivity contribution in [3.05, 3.63) is 40.4 Å². The van der Waals surface area contributed by atoms with Crippen LogP contribution in [0, 0.1) is 5.92 Å². The number of rotatable bonds is 7. The van der Waals surface area contributed by atoms with Crippen molar-refractivity contribution in [2.24, 2.45) is 5.92 Å². The number of aromatic nitrogens is 1. The van der Waals surface area contributed by atoms with Crippen LogP contribution in [0.4, 0.5) is 0 Å². The number of halogens is 1. The average Bonchev–Trinajstić information content (AvgIpc) is 3.00. The second kappa shape index (κ2) is 8.26. The van der Waals surface area contributed by atoms with Crippen molar-refractivity contribution in [3.8, 4) is 10.6 Å². The molecular weight excluding hydrogens is 348 g/mol. The number of aliphatic carboxylic acids is 1. The molecule has 1 amide bonds. The number of hydrogen-bond acceptors (Lipinski definition) is 4. The highest BCUT2D eigenvalue weighted by atomic mass is 35.5. The molecule has 0 aliphatic rings. The summed E-state index contributed by atoms with van der Waals surface area (Å²) in [6.45, 7) is 4.63. The van der Waals surface area contributed by atoms with E-state index in [4.69, 9.17) is 16.7 Å². The molecule has 0 spiro atoms. The largest absolute Gasteiger partial charge is 0.481 e. The summed E-state index contributed by atoms with van der Waals surface area (Å²) in [5, 5.41) is 11.8. The molecule has 5 nitrogen and oxygen atoms in total. The van der Waals surface area contributed by atoms with Crippen LogP contribution in [0.15, 0.2) is 29.6 Å². The first-order valence-electron chi connectivity index (χ1n) is 7.60. The van der Waals surface area contributed by atoms with Crippen molar-refractivity contribution < 1.29 is 14.7 Å². The third kappa shape index (κ3) is 4.79. The Bertz CT molecular complexity index is 730. The van der Waals surface area contributed by atoms with E-state index in [2.05, 4.69) is 4.98 Å². The van der Waals surface area contributed by atoms with E-state index in [1.54, 1.807) is 16.3 Å². The molecular formula is C17H19ClN2O3S. The molecule has 128 valence electrons. The minimum absolute atomic E-state index is 0.0834. The monoisotopic (exact) mass is 366 g/mol. The number of carbonyl (C=O) groups is 2. The number of benzene rings is 1. The fourth-order valence-electron chi connectivity index (χ4n) is 2.24. The van der Waals surface area contributed by atoms with Crippen LogP contribution in [0.25, 0.3) is 10.6 Å². The van der Waals surface area contributed by atoms with Crippen LogP contribution in [0.3, 0.4) is 0 Å². The van der Waals surface area contributed by atoms with Crippen LogP contribution in [-0.4, -0.2) is 40.0 Å². The lowest BCUT2D eigenvalue weighted by molar-refractivity contribution is -0.137. The molecule has 0 unspecified atom stereocenters. The molecule has 1 heterocycles. The molecule has 0 aliphatic heterocycles. The molecule has 0 atom stereocenters. The summed E-state index contributed by atoms with van der Waals surface area (Å²) in [6, 6.07) is 7.33. The predicted molar refractivity (Wildman–Crippen MR) is 95.6 cm³/mol. The minimum atomic E-state index is -0.924. The zero-order valence-electron chi connectivity index (χ0n) is 13.5. The van der Waals surface area contributed by atoms with Gasteiger partial charge in [0, 0.05) is 24.0 Å². The Labute approximate surface area is 149 Å². The number of hydrogen-bond donors (Lipinski definition) is 1. The highest BCUT2D eigenvalue weighted by Crippen LogP contribution is 2.30. The molecule has 0 aliphatic carbocycles. The fourth-order valence-corrected chi connectivity index (χ4v) is 3.35. The van der Waals surface area contributed by atoms with Gasteiger partial charge in [0.15, 0.2) is 0 Å². The van der Waals surface area contributed by atoms with E-state index in [0.29, 0.717) is 22.3 Å². The van der Waals surface area contributed by atoms with Gasteiger partial charge < -0.3 is 10.0 Å². The summed E-state index contributed by atoms with van der Waals surface area (Å²) >= 11 is 7.52. The molecule has 1 aromatic carbocycles. The molecule has 7 heteroatoms. The van der Waals surface area contributed by atoms with Crippen LogP contribution in [-0.2, 0) is 4.79 Å². The quantitative estimate of drug-likeness (QED) is 0.802. The second-order valence-corrected chi connectivity index (χ2v) is 7.07. The number of amides is 1. The molecule has 0 radical (unpaired) electrons. The summed E-state index contributed by atoms with van der Waals surface area (Å²) in [4.78, 5) is 29.4. The Kier molecular flexibility index (Phi) is 6.34. The Morgan fingerprint density at radius 3 is 2.67 bits per heavy atom. The smallest absolute Gasteiger partial charge is 0.305 e. The maximum absolute atomic E-state index is 12.7. The Balaban J connectivity index is 2.21. The molecule has 2 rings (SSSR count). The summed E-state index contributed by atoms with van der Waals surface area (Å²) in [7, 11) is 0. The predicted octanol–water partition coefficient (Wildman–Crippen LogP) is 4.04. The molecule has 0 saturated heterocycles. The van der Waals surface area contributed by atoms with Gasteiger partial charge in [0.2, 0.25) is 0 Å². The van der Waals surface area contributed by atoms with Gasteiger partial charge in [0.05, 0.1) is 11.4 Å². The molecule has 2 aromatic rings. The van der Waals surface area contributed by atoms with Gasteiger partial charge in [-0.15, -0.1) is 11.3 Å². The average molecular weight is 367 g/mol. The van der Waals surface area contributed by atoms with Gasteiger partial charge in [0.1, 0.15) is 10.7 Å². The van der Waals surface area contributed by atoms with Crippen molar-refractivity contribution in [2.45, 2.75) is 20.3 Å². The lowest BCUT2D eigenvalue weighted by Gasteiger charge is -2.23. The Hall–Kier alpha value is -1.92. The minimum Gasteiger partial charge on any atom is -0.481 e. The van der Waals surface area contributed by atoms with Gasteiger partial charge in [0.25, 0.3) is 5.91 Å². The zero-order valence-corrected chi connectivity index (χ0v) is 15.1. The molecule has 0 saturated carbocycles. The highest BCUT2D eigenvalue weighted by molar-refractivity contribution is 7.13. The molecule has 0 fully saturated rings. The molecule has 1 N–H and O–H groups in total.